The fraction of sp³-hybridized carbons (Fsp3) is 0.600. The second-order valence-electron chi connectivity index (χ2n) is 7.81. The van der Waals surface area contributed by atoms with E-state index in [1.54, 1.807) is 0 Å². The molecular formula is C20H28ClN3. The Labute approximate surface area is 150 Å². The molecule has 1 saturated carbocycles. The van der Waals surface area contributed by atoms with Crippen LogP contribution in [0.1, 0.15) is 56.8 Å². The highest BCUT2D eigenvalue weighted by atomic mass is 35.5. The van der Waals surface area contributed by atoms with Crippen LogP contribution in [0, 0.1) is 30.6 Å². The molecule has 3 unspecified atom stereocenters. The molecule has 1 N–H and O–H groups in total. The highest BCUT2D eigenvalue weighted by molar-refractivity contribution is 6.20. The van der Waals surface area contributed by atoms with Crippen molar-refractivity contribution in [2.45, 2.75) is 52.3 Å². The van der Waals surface area contributed by atoms with Crippen molar-refractivity contribution in [3.8, 4) is 11.4 Å². The fourth-order valence-corrected chi connectivity index (χ4v) is 4.64. The Morgan fingerprint density at radius 2 is 1.75 bits per heavy atom. The molecule has 1 aliphatic carbocycles. The maximum Gasteiger partial charge on any atom is 0.181 e. The van der Waals surface area contributed by atoms with Crippen molar-refractivity contribution in [1.82, 2.24) is 15.2 Å². The van der Waals surface area contributed by atoms with Gasteiger partial charge in [-0.3, -0.25) is 5.10 Å². The number of nitrogens with zero attached hydrogens (tertiary/aromatic N) is 2. The zero-order valence-corrected chi connectivity index (χ0v) is 15.8. The average molecular weight is 346 g/mol. The second kappa shape index (κ2) is 7.26. The molecule has 24 heavy (non-hydrogen) atoms. The van der Waals surface area contributed by atoms with Crippen LogP contribution in [0.25, 0.3) is 11.4 Å². The molecule has 1 fully saturated rings. The molecule has 0 saturated heterocycles. The van der Waals surface area contributed by atoms with E-state index in [0.29, 0.717) is 5.92 Å². The van der Waals surface area contributed by atoms with Crippen LogP contribution in [0.5, 0.6) is 0 Å². The number of aromatic nitrogens is 3. The Morgan fingerprint density at radius 3 is 2.38 bits per heavy atom. The van der Waals surface area contributed by atoms with Gasteiger partial charge < -0.3 is 0 Å². The number of alkyl halides is 1. The van der Waals surface area contributed by atoms with Crippen LogP contribution in [0.3, 0.4) is 0 Å². The van der Waals surface area contributed by atoms with Crippen molar-refractivity contribution in [2.24, 2.45) is 23.7 Å². The van der Waals surface area contributed by atoms with Gasteiger partial charge in [-0.05, 0) is 49.9 Å². The lowest BCUT2D eigenvalue weighted by Gasteiger charge is -2.38. The first-order valence-electron chi connectivity index (χ1n) is 9.07. The molecule has 1 aromatic carbocycles. The van der Waals surface area contributed by atoms with Gasteiger partial charge in [0.15, 0.2) is 5.82 Å². The lowest BCUT2D eigenvalue weighted by atomic mass is 9.68. The highest BCUT2D eigenvalue weighted by Gasteiger charge is 2.33. The van der Waals surface area contributed by atoms with Gasteiger partial charge in [-0.15, -0.1) is 11.6 Å². The van der Waals surface area contributed by atoms with Gasteiger partial charge in [0, 0.05) is 5.56 Å². The number of nitrogens with one attached hydrogen (secondary N) is 1. The molecule has 3 atom stereocenters. The van der Waals surface area contributed by atoms with E-state index in [2.05, 4.69) is 67.1 Å². The maximum atomic E-state index is 6.70. The Kier molecular flexibility index (Phi) is 5.29. The summed E-state index contributed by atoms with van der Waals surface area (Å²) in [6.07, 6.45) is 3.59. The summed E-state index contributed by atoms with van der Waals surface area (Å²) in [5, 5.41) is 7.32. The van der Waals surface area contributed by atoms with Gasteiger partial charge in [-0.1, -0.05) is 50.6 Å². The number of hydrogen-bond acceptors (Lipinski definition) is 2. The molecule has 0 spiro atoms. The van der Waals surface area contributed by atoms with E-state index in [-0.39, 0.29) is 5.38 Å². The number of hydrogen-bond donors (Lipinski definition) is 1. The van der Waals surface area contributed by atoms with E-state index >= 15 is 0 Å². The average Bonchev–Trinajstić information content (AvgIpc) is 3.01. The summed E-state index contributed by atoms with van der Waals surface area (Å²) in [7, 11) is 0. The van der Waals surface area contributed by atoms with E-state index in [4.69, 9.17) is 11.6 Å². The van der Waals surface area contributed by atoms with E-state index in [1.165, 1.54) is 18.4 Å². The summed E-state index contributed by atoms with van der Waals surface area (Å²) < 4.78 is 0. The largest absolute Gasteiger partial charge is 0.261 e. The Bertz CT molecular complexity index is 652. The van der Waals surface area contributed by atoms with Gasteiger partial charge >= 0.3 is 0 Å². The molecule has 1 heterocycles. The van der Waals surface area contributed by atoms with E-state index in [1.807, 2.05) is 0 Å². The minimum atomic E-state index is -0.0972. The minimum absolute atomic E-state index is 0.0972. The first-order valence-corrected chi connectivity index (χ1v) is 9.51. The van der Waals surface area contributed by atoms with Gasteiger partial charge in [0.2, 0.25) is 0 Å². The Morgan fingerprint density at radius 1 is 1.12 bits per heavy atom. The van der Waals surface area contributed by atoms with Crippen molar-refractivity contribution in [2.75, 3.05) is 0 Å². The molecule has 130 valence electrons. The highest BCUT2D eigenvalue weighted by Crippen LogP contribution is 2.43. The third-order valence-corrected chi connectivity index (χ3v) is 5.98. The third kappa shape index (κ3) is 3.83. The molecular weight excluding hydrogens is 318 g/mol. The molecule has 0 radical (unpaired) electrons. The normalized spacial score (nSPS) is 28.7. The topological polar surface area (TPSA) is 41.6 Å². The number of rotatable bonds is 4. The smallest absolute Gasteiger partial charge is 0.181 e. The van der Waals surface area contributed by atoms with Crippen LogP contribution in [0.4, 0.5) is 0 Å². The van der Waals surface area contributed by atoms with Crippen molar-refractivity contribution in [1.29, 1.82) is 0 Å². The van der Waals surface area contributed by atoms with E-state index in [0.717, 1.165) is 41.4 Å². The lowest BCUT2D eigenvalue weighted by molar-refractivity contribution is 0.126. The van der Waals surface area contributed by atoms with E-state index in [9.17, 15) is 0 Å². The number of halogens is 1. The van der Waals surface area contributed by atoms with Crippen molar-refractivity contribution in [3.05, 3.63) is 35.7 Å². The predicted octanol–water partition coefficient (Wildman–Crippen LogP) is 5.77. The molecule has 0 amide bonds. The number of H-pyrrole nitrogens is 1. The number of aryl methyl sites for hydroxylation is 1. The number of aromatic amines is 1. The zero-order chi connectivity index (χ0) is 17.3. The molecule has 2 aromatic rings. The summed E-state index contributed by atoms with van der Waals surface area (Å²) in [4.78, 5) is 4.64. The predicted molar refractivity (Wildman–Crippen MR) is 100.0 cm³/mol. The van der Waals surface area contributed by atoms with Crippen LogP contribution in [-0.4, -0.2) is 15.2 Å². The van der Waals surface area contributed by atoms with Crippen LogP contribution >= 0.6 is 11.6 Å². The van der Waals surface area contributed by atoms with Crippen LogP contribution in [-0.2, 0) is 0 Å². The maximum absolute atomic E-state index is 6.70. The van der Waals surface area contributed by atoms with Crippen molar-refractivity contribution < 1.29 is 0 Å². The molecule has 3 rings (SSSR count). The van der Waals surface area contributed by atoms with E-state index < -0.39 is 0 Å². The lowest BCUT2D eigenvalue weighted by Crippen LogP contribution is -2.29. The van der Waals surface area contributed by atoms with Crippen LogP contribution in [0.2, 0.25) is 0 Å². The zero-order valence-electron chi connectivity index (χ0n) is 15.1. The van der Waals surface area contributed by atoms with Crippen molar-refractivity contribution >= 4 is 11.6 Å². The van der Waals surface area contributed by atoms with Gasteiger partial charge in [-0.25, -0.2) is 4.98 Å². The summed E-state index contributed by atoms with van der Waals surface area (Å²) in [5.74, 6) is 4.48. The summed E-state index contributed by atoms with van der Waals surface area (Å²) >= 11 is 6.70. The van der Waals surface area contributed by atoms with Gasteiger partial charge in [0.1, 0.15) is 5.82 Å². The quantitative estimate of drug-likeness (QED) is 0.715. The Balaban J connectivity index is 1.69. The van der Waals surface area contributed by atoms with Gasteiger partial charge in [0.05, 0.1) is 5.38 Å². The molecule has 0 bridgehead atoms. The minimum Gasteiger partial charge on any atom is -0.261 e. The Hall–Kier alpha value is -1.35. The molecule has 1 aromatic heterocycles. The molecule has 3 nitrogen and oxygen atoms in total. The molecule has 1 aliphatic rings. The first kappa shape index (κ1) is 17.5. The third-order valence-electron chi connectivity index (χ3n) is 5.60. The fourth-order valence-electron chi connectivity index (χ4n) is 4.34. The van der Waals surface area contributed by atoms with Crippen molar-refractivity contribution in [3.63, 3.8) is 0 Å². The summed E-state index contributed by atoms with van der Waals surface area (Å²) in [6.45, 7) is 9.19. The number of benzene rings is 1. The second-order valence-corrected chi connectivity index (χ2v) is 8.34. The standard InChI is InChI=1S/C20H28ClN3/c1-12-5-7-16(8-6-12)19-22-20(24-23-19)18(21)11-17-14(3)9-13(2)10-15(17)4/h5-8,13-15,17-18H,9-11H2,1-4H3,(H,22,23,24). The summed E-state index contributed by atoms with van der Waals surface area (Å²) in [5.41, 5.74) is 2.26. The molecule has 0 aliphatic heterocycles. The monoisotopic (exact) mass is 345 g/mol. The SMILES string of the molecule is Cc1ccc(-c2n[nH]c(C(Cl)CC3C(C)CC(C)CC3C)n2)cc1. The van der Waals surface area contributed by atoms with Crippen LogP contribution in [0.15, 0.2) is 24.3 Å². The van der Waals surface area contributed by atoms with Gasteiger partial charge in [0.25, 0.3) is 0 Å². The van der Waals surface area contributed by atoms with Crippen LogP contribution < -0.4 is 0 Å². The first-order chi connectivity index (χ1) is 11.4. The summed E-state index contributed by atoms with van der Waals surface area (Å²) in [6, 6.07) is 8.27. The molecule has 4 heteroatoms. The van der Waals surface area contributed by atoms with Gasteiger partial charge in [-0.2, -0.15) is 5.10 Å².